The molecule has 8 aromatic carbocycles. The molecule has 9 aromatic rings. The van der Waals surface area contributed by atoms with Gasteiger partial charge in [0.2, 0.25) is 0 Å². The highest BCUT2D eigenvalue weighted by Crippen LogP contribution is 2.50. The molecule has 1 heterocycles. The lowest BCUT2D eigenvalue weighted by Gasteiger charge is -2.18. The van der Waals surface area contributed by atoms with Crippen molar-refractivity contribution in [3.05, 3.63) is 181 Å². The van der Waals surface area contributed by atoms with Gasteiger partial charge in [-0.3, -0.25) is 0 Å². The predicted molar refractivity (Wildman–Crippen MR) is 198 cm³/mol. The lowest BCUT2D eigenvalue weighted by molar-refractivity contribution is 0.632. The Morgan fingerprint density at radius 1 is 0.319 bits per heavy atom. The molecular formula is C46H30O. The first kappa shape index (κ1) is 12.5. The molecule has 220 valence electrons. The van der Waals surface area contributed by atoms with Gasteiger partial charge in [0.15, 0.2) is 0 Å². The van der Waals surface area contributed by atoms with Gasteiger partial charge in [0, 0.05) is 22.1 Å². The van der Waals surface area contributed by atoms with Crippen LogP contribution in [-0.4, -0.2) is 0 Å². The molecule has 9 rings (SSSR count). The van der Waals surface area contributed by atoms with E-state index in [1.807, 2.05) is 0 Å². The summed E-state index contributed by atoms with van der Waals surface area (Å²) in [4.78, 5) is 0. The Morgan fingerprint density at radius 3 is 1.30 bits per heavy atom. The highest BCUT2D eigenvalue weighted by Gasteiger charge is 2.24. The Hall–Kier alpha value is -6.18. The minimum absolute atomic E-state index is 0.0679. The summed E-state index contributed by atoms with van der Waals surface area (Å²) in [6.45, 7) is 0. The van der Waals surface area contributed by atoms with Crippen LogP contribution in [0.15, 0.2) is 186 Å². The van der Waals surface area contributed by atoms with Crippen LogP contribution >= 0.6 is 0 Å². The molecule has 0 fully saturated rings. The molecular weight excluding hydrogens is 569 g/mol. The van der Waals surface area contributed by atoms with E-state index in [9.17, 15) is 5.48 Å². The highest BCUT2D eigenvalue weighted by atomic mass is 16.3. The molecule has 0 spiro atoms. The first-order chi connectivity index (χ1) is 32.9. The quantitative estimate of drug-likeness (QED) is 0.174. The number of rotatable bonds is 5. The molecule has 1 nitrogen and oxygen atoms in total. The van der Waals surface area contributed by atoms with Crippen LogP contribution < -0.4 is 0 Å². The molecule has 0 saturated heterocycles. The van der Waals surface area contributed by atoms with Crippen LogP contribution in [0, 0.1) is 0 Å². The summed E-state index contributed by atoms with van der Waals surface area (Å²) >= 11 is 0. The van der Waals surface area contributed by atoms with E-state index in [-0.39, 0.29) is 55.7 Å². The third-order valence-electron chi connectivity index (χ3n) is 7.79. The molecule has 0 saturated carbocycles. The van der Waals surface area contributed by atoms with Crippen molar-refractivity contribution in [2.24, 2.45) is 0 Å². The Morgan fingerprint density at radius 2 is 0.745 bits per heavy atom. The third-order valence-corrected chi connectivity index (χ3v) is 7.79. The van der Waals surface area contributed by atoms with Gasteiger partial charge in [-0.05, 0) is 67.1 Å². The standard InChI is InChI=1S/C46H30O/c1-4-14-31(15-5-1)33-24-26-35(27-25-33)46-45(41-29-28-36(30-42(41)47-46)32-16-6-2-7-17-32)44-39-22-12-10-20-37(39)43(34-18-8-3-9-19-34)38-21-11-13-23-40(38)44/h1-30H/i1D,2D,3D,4D,5D,6D,7D,8D,9D,10D,11D,12D,13D,14D,15D,16D,17D,18D,19D,20D,21D,22D,23D. The monoisotopic (exact) mass is 621 g/mol. The van der Waals surface area contributed by atoms with Gasteiger partial charge in [0.1, 0.15) is 11.3 Å². The van der Waals surface area contributed by atoms with Crippen LogP contribution in [0.2, 0.25) is 0 Å². The van der Waals surface area contributed by atoms with Crippen LogP contribution in [0.25, 0.3) is 88.3 Å². The van der Waals surface area contributed by atoms with Crippen LogP contribution in [-0.2, 0) is 0 Å². The van der Waals surface area contributed by atoms with E-state index in [1.165, 1.54) is 42.5 Å². The van der Waals surface area contributed by atoms with Gasteiger partial charge in [-0.1, -0.05) is 169 Å². The van der Waals surface area contributed by atoms with E-state index in [2.05, 4.69) is 0 Å². The summed E-state index contributed by atoms with van der Waals surface area (Å²) in [7, 11) is 0. The van der Waals surface area contributed by atoms with Crippen LogP contribution in [0.5, 0.6) is 0 Å². The van der Waals surface area contributed by atoms with E-state index in [1.54, 1.807) is 0 Å². The first-order valence-electron chi connectivity index (χ1n) is 25.7. The largest absolute Gasteiger partial charge is 0.455 e. The zero-order valence-corrected chi connectivity index (χ0v) is 23.9. The molecule has 0 aliphatic carbocycles. The summed E-state index contributed by atoms with van der Waals surface area (Å²) in [5.74, 6) is -0.140. The minimum atomic E-state index is -0.840. The van der Waals surface area contributed by atoms with E-state index in [0.29, 0.717) is 0 Å². The Balaban J connectivity index is 1.52. The minimum Gasteiger partial charge on any atom is -0.455 e. The zero-order chi connectivity index (χ0) is 51.2. The van der Waals surface area contributed by atoms with Gasteiger partial charge in [-0.15, -0.1) is 0 Å². The number of hydrogen-bond acceptors (Lipinski definition) is 1. The predicted octanol–water partition coefficient (Wildman–Crippen LogP) is 13.1. The summed E-state index contributed by atoms with van der Waals surface area (Å²) < 4.78 is 207. The zero-order valence-electron chi connectivity index (χ0n) is 46.9. The van der Waals surface area contributed by atoms with Crippen molar-refractivity contribution in [1.82, 2.24) is 0 Å². The van der Waals surface area contributed by atoms with E-state index < -0.39 is 172 Å². The average molecular weight is 622 g/mol. The second-order valence-electron chi connectivity index (χ2n) is 10.3. The first-order valence-corrected chi connectivity index (χ1v) is 14.2. The SMILES string of the molecule is [2H]c1c([2H])c([2H])c(-c2ccc(-c3oc4cc(-c5c([2H])c([2H])c([2H])c([2H])c5[2H])ccc4c3-c3c4c([2H])c([2H])c([2H])c([2H])c4c(-c4c([2H])c([2H])c([2H])c([2H])c4[2H])c4c([2H])c([2H])c([2H])c([2H])c34)cc2)c([2H])c1[2H]. The fraction of sp³-hybridized carbons (Fsp3) is 0. The number of fused-ring (bicyclic) bond motifs is 3. The molecule has 0 radical (unpaired) electrons. The molecule has 0 aliphatic rings. The molecule has 0 N–H and O–H groups in total. The summed E-state index contributed by atoms with van der Waals surface area (Å²) in [5, 5.41) is -1.70. The second kappa shape index (κ2) is 11.3. The van der Waals surface area contributed by atoms with Gasteiger partial charge in [-0.2, -0.15) is 0 Å². The van der Waals surface area contributed by atoms with E-state index >= 15 is 0 Å². The smallest absolute Gasteiger partial charge is 0.143 e. The van der Waals surface area contributed by atoms with Gasteiger partial charge in [0.25, 0.3) is 0 Å². The number of furan rings is 1. The fourth-order valence-electron chi connectivity index (χ4n) is 5.78. The lowest BCUT2D eigenvalue weighted by Crippen LogP contribution is -1.91. The molecule has 0 unspecified atom stereocenters. The topological polar surface area (TPSA) is 13.1 Å². The van der Waals surface area contributed by atoms with Gasteiger partial charge >= 0.3 is 0 Å². The van der Waals surface area contributed by atoms with Crippen molar-refractivity contribution < 1.29 is 35.9 Å². The van der Waals surface area contributed by atoms with Crippen LogP contribution in [0.4, 0.5) is 0 Å². The Bertz CT molecular complexity index is 3690. The third kappa shape index (κ3) is 4.64. The van der Waals surface area contributed by atoms with Gasteiger partial charge in [0.05, 0.1) is 31.5 Å². The molecule has 1 aromatic heterocycles. The van der Waals surface area contributed by atoms with Crippen molar-refractivity contribution >= 4 is 32.5 Å². The molecule has 0 bridgehead atoms. The van der Waals surface area contributed by atoms with E-state index in [4.69, 9.17) is 30.5 Å². The molecule has 0 amide bonds. The van der Waals surface area contributed by atoms with Crippen LogP contribution in [0.1, 0.15) is 31.5 Å². The normalized spacial score (nSPS) is 18.3. The summed E-state index contributed by atoms with van der Waals surface area (Å²) in [6, 6.07) is -6.42. The summed E-state index contributed by atoms with van der Waals surface area (Å²) in [5.41, 5.74) is -1.50. The van der Waals surface area contributed by atoms with Crippen molar-refractivity contribution in [1.29, 1.82) is 0 Å². The Kier molecular flexibility index (Phi) is 3.02. The van der Waals surface area contributed by atoms with Gasteiger partial charge in [-0.25, -0.2) is 0 Å². The molecule has 47 heavy (non-hydrogen) atoms. The lowest BCUT2D eigenvalue weighted by atomic mass is 9.84. The maximum absolute atomic E-state index is 9.51. The van der Waals surface area contributed by atoms with E-state index in [0.717, 1.165) is 0 Å². The second-order valence-corrected chi connectivity index (χ2v) is 10.3. The molecule has 0 aliphatic heterocycles. The van der Waals surface area contributed by atoms with Crippen molar-refractivity contribution in [3.8, 4) is 55.8 Å². The number of hydrogen-bond donors (Lipinski definition) is 0. The van der Waals surface area contributed by atoms with Crippen molar-refractivity contribution in [2.45, 2.75) is 0 Å². The van der Waals surface area contributed by atoms with Crippen molar-refractivity contribution in [2.75, 3.05) is 0 Å². The molecule has 1 heteroatoms. The number of benzene rings is 8. The molecule has 0 atom stereocenters. The average Bonchev–Trinajstić information content (AvgIpc) is 3.73. The highest BCUT2D eigenvalue weighted by molar-refractivity contribution is 6.25. The van der Waals surface area contributed by atoms with Crippen molar-refractivity contribution in [3.63, 3.8) is 0 Å². The fourth-order valence-corrected chi connectivity index (χ4v) is 5.78. The Labute approximate surface area is 306 Å². The van der Waals surface area contributed by atoms with Crippen LogP contribution in [0.3, 0.4) is 0 Å². The maximum atomic E-state index is 9.51. The summed E-state index contributed by atoms with van der Waals surface area (Å²) in [6.07, 6.45) is 0. The maximum Gasteiger partial charge on any atom is 0.143 e. The van der Waals surface area contributed by atoms with Gasteiger partial charge < -0.3 is 4.42 Å².